The van der Waals surface area contributed by atoms with Crippen LogP contribution >= 0.6 is 0 Å². The molecule has 0 aliphatic heterocycles. The molecule has 0 bridgehead atoms. The molecule has 0 atom stereocenters. The van der Waals surface area contributed by atoms with Gasteiger partial charge in [0.2, 0.25) is 0 Å². The minimum Gasteiger partial charge on any atom is -0.473 e. The van der Waals surface area contributed by atoms with Gasteiger partial charge in [0.05, 0.1) is 6.61 Å². The Kier molecular flexibility index (Phi) is 5.54. The molecule has 5 heteroatoms. The first-order chi connectivity index (χ1) is 9.31. The van der Waals surface area contributed by atoms with Crippen molar-refractivity contribution in [2.75, 3.05) is 19.8 Å². The molecule has 0 saturated heterocycles. The molecule has 1 heterocycles. The van der Waals surface area contributed by atoms with E-state index in [1.165, 1.54) is 12.8 Å². The molecule has 0 aromatic carbocycles. The van der Waals surface area contributed by atoms with Crippen LogP contribution in [0.2, 0.25) is 0 Å². The van der Waals surface area contributed by atoms with E-state index in [-0.39, 0.29) is 11.7 Å². The van der Waals surface area contributed by atoms with Gasteiger partial charge in [-0.1, -0.05) is 6.92 Å². The minimum absolute atomic E-state index is 0.0650. The Labute approximate surface area is 113 Å². The summed E-state index contributed by atoms with van der Waals surface area (Å²) in [5, 5.41) is 3.28. The third-order valence-electron chi connectivity index (χ3n) is 2.91. The van der Waals surface area contributed by atoms with E-state index in [4.69, 9.17) is 9.47 Å². The molecule has 1 aromatic rings. The normalized spacial score (nSPS) is 14.6. The lowest BCUT2D eigenvalue weighted by molar-refractivity contribution is 0.0973. The average molecular weight is 268 g/mol. The molecule has 1 saturated carbocycles. The largest absolute Gasteiger partial charge is 0.473 e. The van der Waals surface area contributed by atoms with E-state index in [2.05, 4.69) is 10.3 Å². The number of rotatable bonds is 9. The van der Waals surface area contributed by atoms with Crippen molar-refractivity contribution < 1.29 is 13.9 Å². The monoisotopic (exact) mass is 268 g/mol. The molecular weight excluding hydrogens is 247 g/mol. The predicted octanol–water partition coefficient (Wildman–Crippen LogP) is 2.28. The molecule has 1 aromatic heterocycles. The topological polar surface area (TPSA) is 43.4 Å². The molecular formula is C14H21FN2O2. The van der Waals surface area contributed by atoms with Crippen LogP contribution < -0.4 is 10.1 Å². The lowest BCUT2D eigenvalue weighted by atomic mass is 10.2. The van der Waals surface area contributed by atoms with Crippen LogP contribution in [0.3, 0.4) is 0 Å². The van der Waals surface area contributed by atoms with Gasteiger partial charge in [0.25, 0.3) is 5.88 Å². The van der Waals surface area contributed by atoms with Gasteiger partial charge in [0.1, 0.15) is 6.61 Å². The average Bonchev–Trinajstić information content (AvgIpc) is 3.23. The first-order valence-electron chi connectivity index (χ1n) is 6.88. The van der Waals surface area contributed by atoms with Gasteiger partial charge in [-0.2, -0.15) is 0 Å². The summed E-state index contributed by atoms with van der Waals surface area (Å²) >= 11 is 0. The summed E-state index contributed by atoms with van der Waals surface area (Å²) in [5.74, 6) is -0.304. The number of pyridine rings is 1. The van der Waals surface area contributed by atoms with Gasteiger partial charge in [-0.3, -0.25) is 0 Å². The number of nitrogens with zero attached hydrogens (tertiary/aromatic N) is 1. The number of hydrogen-bond donors (Lipinski definition) is 1. The SMILES string of the molecule is CCCOCCOc1nccc(CNC2CC2)c1F. The molecule has 0 spiro atoms. The van der Waals surface area contributed by atoms with Gasteiger partial charge < -0.3 is 14.8 Å². The Bertz CT molecular complexity index is 397. The summed E-state index contributed by atoms with van der Waals surface area (Å²) in [7, 11) is 0. The fraction of sp³-hybridized carbons (Fsp3) is 0.643. The lowest BCUT2D eigenvalue weighted by Crippen LogP contribution is -2.17. The molecule has 1 aliphatic rings. The highest BCUT2D eigenvalue weighted by Crippen LogP contribution is 2.21. The minimum atomic E-state index is -0.369. The summed E-state index contributed by atoms with van der Waals surface area (Å²) in [5.41, 5.74) is 0.603. The van der Waals surface area contributed by atoms with E-state index in [1.54, 1.807) is 12.3 Å². The number of aromatic nitrogens is 1. The molecule has 2 rings (SSSR count). The summed E-state index contributed by atoms with van der Waals surface area (Å²) in [6, 6.07) is 2.24. The smallest absolute Gasteiger partial charge is 0.250 e. The first-order valence-corrected chi connectivity index (χ1v) is 6.88. The van der Waals surface area contributed by atoms with Gasteiger partial charge in [-0.05, 0) is 25.3 Å². The maximum absolute atomic E-state index is 14.1. The third kappa shape index (κ3) is 4.76. The Balaban J connectivity index is 1.80. The summed E-state index contributed by atoms with van der Waals surface area (Å²) in [4.78, 5) is 3.92. The van der Waals surface area contributed by atoms with Crippen molar-refractivity contribution >= 4 is 0 Å². The number of nitrogens with one attached hydrogen (secondary N) is 1. The standard InChI is InChI=1S/C14H21FN2O2/c1-2-7-18-8-9-19-14-13(15)11(5-6-16-14)10-17-12-3-4-12/h5-6,12,17H,2-4,7-10H2,1H3. The number of ether oxygens (including phenoxy) is 2. The van der Waals surface area contributed by atoms with Crippen LogP contribution in [0.1, 0.15) is 31.7 Å². The highest BCUT2D eigenvalue weighted by atomic mass is 19.1. The van der Waals surface area contributed by atoms with Gasteiger partial charge in [-0.25, -0.2) is 9.37 Å². The molecule has 1 aliphatic carbocycles. The zero-order valence-electron chi connectivity index (χ0n) is 11.3. The second kappa shape index (κ2) is 7.40. The molecule has 19 heavy (non-hydrogen) atoms. The van der Waals surface area contributed by atoms with Crippen molar-refractivity contribution in [2.24, 2.45) is 0 Å². The fourth-order valence-electron chi connectivity index (χ4n) is 1.68. The van der Waals surface area contributed by atoms with Crippen molar-refractivity contribution in [1.82, 2.24) is 10.3 Å². The third-order valence-corrected chi connectivity index (χ3v) is 2.91. The lowest BCUT2D eigenvalue weighted by Gasteiger charge is -2.09. The second-order valence-corrected chi connectivity index (χ2v) is 4.71. The van der Waals surface area contributed by atoms with Crippen molar-refractivity contribution in [3.05, 3.63) is 23.6 Å². The van der Waals surface area contributed by atoms with Crippen LogP contribution in [0.15, 0.2) is 12.3 Å². The van der Waals surface area contributed by atoms with Gasteiger partial charge in [-0.15, -0.1) is 0 Å². The summed E-state index contributed by atoms with van der Waals surface area (Å²) < 4.78 is 24.6. The number of halogens is 1. The van der Waals surface area contributed by atoms with E-state index in [0.29, 0.717) is 38.0 Å². The van der Waals surface area contributed by atoms with Crippen LogP contribution in [0.25, 0.3) is 0 Å². The maximum Gasteiger partial charge on any atom is 0.250 e. The summed E-state index contributed by atoms with van der Waals surface area (Å²) in [6.45, 7) is 4.05. The molecule has 4 nitrogen and oxygen atoms in total. The van der Waals surface area contributed by atoms with Crippen molar-refractivity contribution in [3.8, 4) is 5.88 Å². The van der Waals surface area contributed by atoms with E-state index >= 15 is 0 Å². The maximum atomic E-state index is 14.1. The fourth-order valence-corrected chi connectivity index (χ4v) is 1.68. The van der Waals surface area contributed by atoms with Gasteiger partial charge in [0.15, 0.2) is 5.82 Å². The highest BCUT2D eigenvalue weighted by Gasteiger charge is 2.21. The number of hydrogen-bond acceptors (Lipinski definition) is 4. The van der Waals surface area contributed by atoms with Crippen molar-refractivity contribution in [2.45, 2.75) is 38.8 Å². The van der Waals surface area contributed by atoms with Crippen LogP contribution in [0.5, 0.6) is 5.88 Å². The molecule has 1 fully saturated rings. The molecule has 0 unspecified atom stereocenters. The molecule has 1 N–H and O–H groups in total. The predicted molar refractivity (Wildman–Crippen MR) is 70.7 cm³/mol. The highest BCUT2D eigenvalue weighted by molar-refractivity contribution is 5.23. The summed E-state index contributed by atoms with van der Waals surface area (Å²) in [6.07, 6.45) is 4.92. The van der Waals surface area contributed by atoms with E-state index in [0.717, 1.165) is 6.42 Å². The molecule has 106 valence electrons. The Morgan fingerprint density at radius 1 is 1.37 bits per heavy atom. The Morgan fingerprint density at radius 3 is 2.95 bits per heavy atom. The van der Waals surface area contributed by atoms with E-state index in [9.17, 15) is 4.39 Å². The Morgan fingerprint density at radius 2 is 2.21 bits per heavy atom. The van der Waals surface area contributed by atoms with Crippen molar-refractivity contribution in [3.63, 3.8) is 0 Å². The zero-order chi connectivity index (χ0) is 13.5. The molecule has 0 amide bonds. The first kappa shape index (κ1) is 14.2. The molecule has 0 radical (unpaired) electrons. The Hall–Kier alpha value is -1.20. The van der Waals surface area contributed by atoms with Crippen LogP contribution in [-0.4, -0.2) is 30.8 Å². The van der Waals surface area contributed by atoms with E-state index < -0.39 is 0 Å². The second-order valence-electron chi connectivity index (χ2n) is 4.71. The van der Waals surface area contributed by atoms with Gasteiger partial charge >= 0.3 is 0 Å². The van der Waals surface area contributed by atoms with Gasteiger partial charge in [0, 0.05) is 31.0 Å². The quantitative estimate of drug-likeness (QED) is 0.698. The zero-order valence-corrected chi connectivity index (χ0v) is 11.3. The van der Waals surface area contributed by atoms with E-state index in [1.807, 2.05) is 6.92 Å². The van der Waals surface area contributed by atoms with Crippen LogP contribution in [0.4, 0.5) is 4.39 Å². The van der Waals surface area contributed by atoms with Crippen LogP contribution in [-0.2, 0) is 11.3 Å². The van der Waals surface area contributed by atoms with Crippen molar-refractivity contribution in [1.29, 1.82) is 0 Å². The van der Waals surface area contributed by atoms with Crippen LogP contribution in [0, 0.1) is 5.82 Å².